The first-order chi connectivity index (χ1) is 12.5. The third kappa shape index (κ3) is 5.59. The summed E-state index contributed by atoms with van der Waals surface area (Å²) in [5.41, 5.74) is 0.692. The van der Waals surface area contributed by atoms with Crippen molar-refractivity contribution in [2.45, 2.75) is 40.2 Å². The quantitative estimate of drug-likeness (QED) is 0.417. The number of ether oxygens (including phenoxy) is 1. The van der Waals surface area contributed by atoms with Gasteiger partial charge in [-0.3, -0.25) is 4.99 Å². The lowest BCUT2D eigenvalue weighted by Gasteiger charge is -2.15. The van der Waals surface area contributed by atoms with Crippen LogP contribution in [0, 0.1) is 6.92 Å². The molecule has 2 rings (SSSR count). The Balaban J connectivity index is 2.01. The summed E-state index contributed by atoms with van der Waals surface area (Å²) < 4.78 is 10.4. The topological polar surface area (TPSA) is 88.8 Å². The predicted molar refractivity (Wildman–Crippen MR) is 103 cm³/mol. The molecular weight excluding hydrogens is 352 g/mol. The number of nitrogens with one attached hydrogen (secondary N) is 2. The zero-order valence-electron chi connectivity index (χ0n) is 15.7. The van der Waals surface area contributed by atoms with Crippen molar-refractivity contribution >= 4 is 23.3 Å². The number of guanidine groups is 1. The van der Waals surface area contributed by atoms with Crippen molar-refractivity contribution in [3.05, 3.63) is 39.7 Å². The van der Waals surface area contributed by atoms with Gasteiger partial charge in [-0.05, 0) is 39.8 Å². The van der Waals surface area contributed by atoms with Gasteiger partial charge >= 0.3 is 5.97 Å². The molecule has 0 radical (unpaired) electrons. The van der Waals surface area contributed by atoms with Gasteiger partial charge in [0.25, 0.3) is 0 Å². The first kappa shape index (κ1) is 20.0. The second-order valence-corrected chi connectivity index (χ2v) is 6.67. The summed E-state index contributed by atoms with van der Waals surface area (Å²) >= 11 is 1.35. The molecule has 2 heterocycles. The maximum atomic E-state index is 12.0. The van der Waals surface area contributed by atoms with Crippen molar-refractivity contribution < 1.29 is 13.9 Å². The van der Waals surface area contributed by atoms with E-state index in [1.807, 2.05) is 32.9 Å². The van der Waals surface area contributed by atoms with E-state index in [9.17, 15) is 4.79 Å². The van der Waals surface area contributed by atoms with Crippen LogP contribution in [0.5, 0.6) is 0 Å². The van der Waals surface area contributed by atoms with Crippen molar-refractivity contribution in [1.29, 1.82) is 0 Å². The largest absolute Gasteiger partial charge is 0.469 e. The number of hydrogen-bond acceptors (Lipinski definition) is 6. The second kappa shape index (κ2) is 9.96. The van der Waals surface area contributed by atoms with Crippen LogP contribution in [0.1, 0.15) is 52.9 Å². The van der Waals surface area contributed by atoms with Crippen LogP contribution in [0.2, 0.25) is 0 Å². The smallest absolute Gasteiger partial charge is 0.350 e. The zero-order valence-corrected chi connectivity index (χ0v) is 16.5. The summed E-state index contributed by atoms with van der Waals surface area (Å²) in [6.45, 7) is 9.34. The monoisotopic (exact) mass is 378 g/mol. The van der Waals surface area contributed by atoms with E-state index < -0.39 is 0 Å². The van der Waals surface area contributed by atoms with Gasteiger partial charge in [0.05, 0.1) is 24.6 Å². The van der Waals surface area contributed by atoms with Gasteiger partial charge < -0.3 is 19.8 Å². The Morgan fingerprint density at radius 2 is 2.27 bits per heavy atom. The van der Waals surface area contributed by atoms with Crippen molar-refractivity contribution in [3.63, 3.8) is 0 Å². The molecule has 8 heteroatoms. The molecule has 0 saturated heterocycles. The number of nitrogens with zero attached hydrogens (tertiary/aromatic N) is 2. The molecule has 0 aromatic carbocycles. The molecule has 0 aliphatic rings. The van der Waals surface area contributed by atoms with E-state index in [0.29, 0.717) is 29.7 Å². The Hall–Kier alpha value is -2.35. The zero-order chi connectivity index (χ0) is 18.9. The minimum Gasteiger partial charge on any atom is -0.469 e. The van der Waals surface area contributed by atoms with E-state index in [1.54, 1.807) is 13.2 Å². The highest BCUT2D eigenvalue weighted by atomic mass is 32.1. The summed E-state index contributed by atoms with van der Waals surface area (Å²) in [4.78, 5) is 21.6. The molecule has 0 saturated carbocycles. The molecule has 0 bridgehead atoms. The number of hydrogen-bond donors (Lipinski definition) is 2. The molecule has 2 aromatic rings. The molecule has 0 fully saturated rings. The molecule has 7 nitrogen and oxygen atoms in total. The molecule has 2 aromatic heterocycles. The third-order valence-electron chi connectivity index (χ3n) is 3.55. The lowest BCUT2D eigenvalue weighted by Crippen LogP contribution is -2.38. The van der Waals surface area contributed by atoms with Crippen LogP contribution in [-0.4, -0.2) is 36.6 Å². The number of esters is 1. The van der Waals surface area contributed by atoms with Gasteiger partial charge in [-0.1, -0.05) is 0 Å². The van der Waals surface area contributed by atoms with Crippen LogP contribution in [0.4, 0.5) is 0 Å². The second-order valence-electron chi connectivity index (χ2n) is 5.64. The molecule has 1 atom stereocenters. The standard InChI is InChI=1S/C18H26N4O3S/c1-5-19-18(20-10-9-14-8-7-11-25-14)22-13(4)16-21-12(3)15(26-16)17(23)24-6-2/h7-8,11,13H,5-6,9-10H2,1-4H3,(H2,19,20,22). The lowest BCUT2D eigenvalue weighted by atomic mass is 10.3. The summed E-state index contributed by atoms with van der Waals surface area (Å²) in [6.07, 6.45) is 2.40. The first-order valence-electron chi connectivity index (χ1n) is 8.76. The highest BCUT2D eigenvalue weighted by molar-refractivity contribution is 7.13. The Labute approximate surface area is 157 Å². The fourth-order valence-electron chi connectivity index (χ4n) is 2.31. The Bertz CT molecular complexity index is 725. The van der Waals surface area contributed by atoms with E-state index in [2.05, 4.69) is 20.6 Å². The van der Waals surface area contributed by atoms with E-state index in [1.165, 1.54) is 11.3 Å². The average molecular weight is 378 g/mol. The Kier molecular flexibility index (Phi) is 7.65. The minimum atomic E-state index is -0.319. The van der Waals surface area contributed by atoms with Gasteiger partial charge in [0.15, 0.2) is 5.96 Å². The van der Waals surface area contributed by atoms with Crippen molar-refractivity contribution in [2.24, 2.45) is 4.99 Å². The fraction of sp³-hybridized carbons (Fsp3) is 0.500. The molecule has 0 aliphatic heterocycles. The number of aliphatic imine (C=N–C) groups is 1. The highest BCUT2D eigenvalue weighted by Crippen LogP contribution is 2.24. The number of carbonyl (C=O) groups excluding carboxylic acids is 1. The van der Waals surface area contributed by atoms with Crippen LogP contribution >= 0.6 is 11.3 Å². The normalized spacial score (nSPS) is 12.7. The van der Waals surface area contributed by atoms with E-state index in [-0.39, 0.29) is 12.0 Å². The number of aryl methyl sites for hydroxylation is 1. The molecule has 1 unspecified atom stereocenters. The van der Waals surface area contributed by atoms with Gasteiger partial charge in [-0.2, -0.15) is 0 Å². The van der Waals surface area contributed by atoms with Gasteiger partial charge in [0.2, 0.25) is 0 Å². The van der Waals surface area contributed by atoms with Crippen molar-refractivity contribution in [1.82, 2.24) is 15.6 Å². The summed E-state index contributed by atoms with van der Waals surface area (Å²) in [5, 5.41) is 7.37. The van der Waals surface area contributed by atoms with Gasteiger partial charge in [0.1, 0.15) is 15.6 Å². The lowest BCUT2D eigenvalue weighted by molar-refractivity contribution is 0.0531. The molecule has 26 heavy (non-hydrogen) atoms. The molecule has 0 spiro atoms. The minimum absolute atomic E-state index is 0.0803. The fourth-order valence-corrected chi connectivity index (χ4v) is 3.27. The molecule has 2 N–H and O–H groups in total. The van der Waals surface area contributed by atoms with Gasteiger partial charge in [0, 0.05) is 19.5 Å². The Morgan fingerprint density at radius 1 is 1.46 bits per heavy atom. The van der Waals surface area contributed by atoms with Crippen LogP contribution < -0.4 is 10.6 Å². The van der Waals surface area contributed by atoms with Gasteiger partial charge in [-0.25, -0.2) is 9.78 Å². The first-order valence-corrected chi connectivity index (χ1v) is 9.58. The summed E-state index contributed by atoms with van der Waals surface area (Å²) in [7, 11) is 0. The molecular formula is C18H26N4O3S. The highest BCUT2D eigenvalue weighted by Gasteiger charge is 2.20. The number of aromatic nitrogens is 1. The maximum Gasteiger partial charge on any atom is 0.350 e. The van der Waals surface area contributed by atoms with Crippen LogP contribution in [0.25, 0.3) is 0 Å². The molecule has 142 valence electrons. The molecule has 0 aliphatic carbocycles. The Morgan fingerprint density at radius 3 is 2.92 bits per heavy atom. The number of thiazole rings is 1. The van der Waals surface area contributed by atoms with E-state index >= 15 is 0 Å². The number of carbonyl (C=O) groups is 1. The number of furan rings is 1. The van der Waals surface area contributed by atoms with Crippen LogP contribution in [0.3, 0.4) is 0 Å². The van der Waals surface area contributed by atoms with Crippen molar-refractivity contribution in [3.8, 4) is 0 Å². The van der Waals surface area contributed by atoms with E-state index in [4.69, 9.17) is 9.15 Å². The van der Waals surface area contributed by atoms with Gasteiger partial charge in [-0.15, -0.1) is 11.3 Å². The van der Waals surface area contributed by atoms with Crippen LogP contribution in [0.15, 0.2) is 27.8 Å². The number of rotatable bonds is 8. The molecule has 0 amide bonds. The summed E-state index contributed by atoms with van der Waals surface area (Å²) in [5.74, 6) is 1.30. The average Bonchev–Trinajstić information content (AvgIpc) is 3.25. The van der Waals surface area contributed by atoms with E-state index in [0.717, 1.165) is 23.7 Å². The predicted octanol–water partition coefficient (Wildman–Crippen LogP) is 3.08. The third-order valence-corrected chi connectivity index (χ3v) is 4.87. The maximum absolute atomic E-state index is 12.0. The summed E-state index contributed by atoms with van der Waals surface area (Å²) in [6, 6.07) is 3.73. The van der Waals surface area contributed by atoms with Crippen LogP contribution in [-0.2, 0) is 11.2 Å². The van der Waals surface area contributed by atoms with Crippen molar-refractivity contribution in [2.75, 3.05) is 19.7 Å². The SMILES string of the molecule is CCNC(=NCCc1ccco1)NC(C)c1nc(C)c(C(=O)OCC)s1.